The standard InChI is InChI=1S/C7H8O2.Na.H/c1-5-2-3-6(8)7(9)4-5;;/h2-4,8-9H,1H3;;. The fraction of sp³-hybridized carbons (Fsp3) is 0.143. The van der Waals surface area contributed by atoms with Gasteiger partial charge in [0.1, 0.15) is 0 Å². The van der Waals surface area contributed by atoms with Crippen LogP contribution in [0.1, 0.15) is 5.56 Å². The molecule has 2 nitrogen and oxygen atoms in total. The van der Waals surface area contributed by atoms with Gasteiger partial charge in [-0.2, -0.15) is 0 Å². The van der Waals surface area contributed by atoms with E-state index in [9.17, 15) is 0 Å². The summed E-state index contributed by atoms with van der Waals surface area (Å²) in [6.45, 7) is 1.85. The second kappa shape index (κ2) is 3.86. The van der Waals surface area contributed by atoms with Crippen molar-refractivity contribution in [3.05, 3.63) is 23.8 Å². The second-order valence-corrected chi connectivity index (χ2v) is 1.99. The number of phenols is 2. The van der Waals surface area contributed by atoms with Crippen LogP contribution in [0.15, 0.2) is 18.2 Å². The van der Waals surface area contributed by atoms with Crippen LogP contribution in [0.3, 0.4) is 0 Å². The maximum atomic E-state index is 8.85. The molecule has 0 aliphatic rings. The van der Waals surface area contributed by atoms with Crippen molar-refractivity contribution in [3.8, 4) is 11.5 Å². The fourth-order valence-corrected chi connectivity index (χ4v) is 0.633. The van der Waals surface area contributed by atoms with Crippen molar-refractivity contribution in [2.45, 2.75) is 6.92 Å². The molecule has 0 unspecified atom stereocenters. The Morgan fingerprint density at radius 1 is 1.10 bits per heavy atom. The molecule has 0 aliphatic carbocycles. The Morgan fingerprint density at radius 3 is 2.10 bits per heavy atom. The number of hydrogen-bond donors (Lipinski definition) is 2. The van der Waals surface area contributed by atoms with Gasteiger partial charge in [0, 0.05) is 0 Å². The van der Waals surface area contributed by atoms with Crippen molar-refractivity contribution < 1.29 is 10.2 Å². The Hall–Kier alpha value is -0.180. The Kier molecular flexibility index (Phi) is 3.79. The van der Waals surface area contributed by atoms with Crippen molar-refractivity contribution in [3.63, 3.8) is 0 Å². The zero-order chi connectivity index (χ0) is 6.85. The number of rotatable bonds is 0. The molecule has 50 valence electrons. The molecule has 0 saturated heterocycles. The van der Waals surface area contributed by atoms with Crippen LogP contribution in [0, 0.1) is 6.92 Å². The van der Waals surface area contributed by atoms with E-state index in [-0.39, 0.29) is 41.1 Å². The predicted molar refractivity (Wildman–Crippen MR) is 41.7 cm³/mol. The van der Waals surface area contributed by atoms with Gasteiger partial charge in [0.25, 0.3) is 0 Å². The summed E-state index contributed by atoms with van der Waals surface area (Å²) in [4.78, 5) is 0. The molecular weight excluding hydrogens is 139 g/mol. The minimum atomic E-state index is -0.0689. The number of aryl methyl sites for hydroxylation is 1. The molecule has 0 atom stereocenters. The van der Waals surface area contributed by atoms with E-state index in [1.54, 1.807) is 6.07 Å². The van der Waals surface area contributed by atoms with Gasteiger partial charge in [-0.15, -0.1) is 0 Å². The first kappa shape index (κ1) is 9.82. The van der Waals surface area contributed by atoms with Gasteiger partial charge in [0.05, 0.1) is 0 Å². The molecular formula is C7H9NaO2. The van der Waals surface area contributed by atoms with Crippen molar-refractivity contribution in [2.24, 2.45) is 0 Å². The number of hydrogen-bond acceptors (Lipinski definition) is 2. The third-order valence-electron chi connectivity index (χ3n) is 1.13. The molecule has 0 spiro atoms. The van der Waals surface area contributed by atoms with Crippen molar-refractivity contribution in [2.75, 3.05) is 0 Å². The van der Waals surface area contributed by atoms with Crippen molar-refractivity contribution in [1.29, 1.82) is 0 Å². The van der Waals surface area contributed by atoms with Gasteiger partial charge >= 0.3 is 29.6 Å². The van der Waals surface area contributed by atoms with E-state index in [4.69, 9.17) is 10.2 Å². The van der Waals surface area contributed by atoms with E-state index in [1.807, 2.05) is 6.92 Å². The van der Waals surface area contributed by atoms with Crippen LogP contribution in [0.4, 0.5) is 0 Å². The topological polar surface area (TPSA) is 40.5 Å². The summed E-state index contributed by atoms with van der Waals surface area (Å²) in [6.07, 6.45) is 0. The summed E-state index contributed by atoms with van der Waals surface area (Å²) in [7, 11) is 0. The van der Waals surface area contributed by atoms with Gasteiger partial charge in [0.2, 0.25) is 0 Å². The van der Waals surface area contributed by atoms with E-state index in [0.717, 1.165) is 5.56 Å². The van der Waals surface area contributed by atoms with Gasteiger partial charge in [0.15, 0.2) is 11.5 Å². The molecule has 0 aromatic heterocycles. The molecule has 3 heteroatoms. The van der Waals surface area contributed by atoms with E-state index in [2.05, 4.69) is 0 Å². The van der Waals surface area contributed by atoms with Gasteiger partial charge in [-0.1, -0.05) is 6.07 Å². The van der Waals surface area contributed by atoms with Crippen LogP contribution in [-0.4, -0.2) is 39.8 Å². The first-order valence-electron chi connectivity index (χ1n) is 2.69. The summed E-state index contributed by atoms with van der Waals surface area (Å²) >= 11 is 0. The molecule has 1 aromatic carbocycles. The summed E-state index contributed by atoms with van der Waals surface area (Å²) in [5.41, 5.74) is 0.935. The predicted octanol–water partition coefficient (Wildman–Crippen LogP) is 0.758. The monoisotopic (exact) mass is 148 g/mol. The van der Waals surface area contributed by atoms with Crippen LogP contribution in [0.5, 0.6) is 11.5 Å². The Balaban J connectivity index is 0.000000810. The first-order chi connectivity index (χ1) is 4.20. The molecule has 0 amide bonds. The van der Waals surface area contributed by atoms with E-state index >= 15 is 0 Å². The van der Waals surface area contributed by atoms with Gasteiger partial charge in [-0.3, -0.25) is 0 Å². The van der Waals surface area contributed by atoms with Gasteiger partial charge in [-0.25, -0.2) is 0 Å². The van der Waals surface area contributed by atoms with E-state index in [1.165, 1.54) is 12.1 Å². The molecule has 1 aromatic rings. The molecule has 0 fully saturated rings. The third-order valence-corrected chi connectivity index (χ3v) is 1.13. The summed E-state index contributed by atoms with van der Waals surface area (Å²) in [5.74, 6) is -0.129. The van der Waals surface area contributed by atoms with Crippen LogP contribution in [-0.2, 0) is 0 Å². The Bertz CT molecular complexity index is 223. The number of phenolic OH excluding ortho intramolecular Hbond substituents is 2. The van der Waals surface area contributed by atoms with Crippen LogP contribution in [0.25, 0.3) is 0 Å². The summed E-state index contributed by atoms with van der Waals surface area (Å²) in [6, 6.07) is 4.70. The quantitative estimate of drug-likeness (QED) is 0.421. The normalized spacial score (nSPS) is 8.50. The maximum absolute atomic E-state index is 8.85. The zero-order valence-corrected chi connectivity index (χ0v) is 5.13. The molecule has 10 heavy (non-hydrogen) atoms. The molecule has 0 radical (unpaired) electrons. The Morgan fingerprint density at radius 2 is 1.70 bits per heavy atom. The van der Waals surface area contributed by atoms with E-state index < -0.39 is 0 Å². The summed E-state index contributed by atoms with van der Waals surface area (Å²) in [5, 5.41) is 17.6. The molecule has 0 saturated carbocycles. The average molecular weight is 148 g/mol. The Labute approximate surface area is 81.8 Å². The van der Waals surface area contributed by atoms with Crippen molar-refractivity contribution >= 4 is 29.6 Å². The van der Waals surface area contributed by atoms with Crippen LogP contribution in [0.2, 0.25) is 0 Å². The SMILES string of the molecule is Cc1ccc(O)c(O)c1.[NaH]. The summed E-state index contributed by atoms with van der Waals surface area (Å²) < 4.78 is 0. The molecule has 2 N–H and O–H groups in total. The number of aromatic hydroxyl groups is 2. The van der Waals surface area contributed by atoms with E-state index in [0.29, 0.717) is 0 Å². The third kappa shape index (κ3) is 2.21. The average Bonchev–Trinajstić information content (AvgIpc) is 1.80. The number of benzene rings is 1. The molecule has 0 heterocycles. The minimum absolute atomic E-state index is 0. The van der Waals surface area contributed by atoms with Crippen LogP contribution >= 0.6 is 0 Å². The first-order valence-corrected chi connectivity index (χ1v) is 2.69. The fourth-order valence-electron chi connectivity index (χ4n) is 0.633. The van der Waals surface area contributed by atoms with Crippen molar-refractivity contribution in [1.82, 2.24) is 0 Å². The molecule has 1 rings (SSSR count). The van der Waals surface area contributed by atoms with Gasteiger partial charge < -0.3 is 10.2 Å². The van der Waals surface area contributed by atoms with Crippen LogP contribution < -0.4 is 0 Å². The zero-order valence-electron chi connectivity index (χ0n) is 5.13. The molecule has 0 bridgehead atoms. The second-order valence-electron chi connectivity index (χ2n) is 1.99. The van der Waals surface area contributed by atoms with Gasteiger partial charge in [-0.05, 0) is 24.6 Å². The molecule has 0 aliphatic heterocycles.